The lowest BCUT2D eigenvalue weighted by molar-refractivity contribution is -0.302. The van der Waals surface area contributed by atoms with Crippen molar-refractivity contribution in [1.29, 1.82) is 0 Å². The van der Waals surface area contributed by atoms with Gasteiger partial charge in [0.15, 0.2) is 6.29 Å². The molecule has 1 aliphatic rings. The number of hydrogen-bond acceptors (Lipinski definition) is 8. The predicted molar refractivity (Wildman–Crippen MR) is 239 cm³/mol. The fourth-order valence-corrected chi connectivity index (χ4v) is 6.79. The van der Waals surface area contributed by atoms with E-state index in [2.05, 4.69) is 79.9 Å². The van der Waals surface area contributed by atoms with Gasteiger partial charge >= 0.3 is 0 Å². The molecule has 0 aromatic carbocycles. The van der Waals surface area contributed by atoms with Crippen molar-refractivity contribution in [3.8, 4) is 0 Å². The summed E-state index contributed by atoms with van der Waals surface area (Å²) in [6, 6.07) is -0.836. The van der Waals surface area contributed by atoms with E-state index in [1.54, 1.807) is 6.08 Å². The number of ether oxygens (including phenoxy) is 2. The number of unbranched alkanes of at least 4 members (excludes halogenated alkanes) is 17. The van der Waals surface area contributed by atoms with Crippen LogP contribution in [0.25, 0.3) is 0 Å². The molecule has 9 nitrogen and oxygen atoms in total. The lowest BCUT2D eigenvalue weighted by Gasteiger charge is -2.40. The van der Waals surface area contributed by atoms with E-state index in [-0.39, 0.29) is 12.5 Å². The topological polar surface area (TPSA) is 149 Å². The van der Waals surface area contributed by atoms with Gasteiger partial charge in [-0.15, -0.1) is 0 Å². The number of carbonyl (C=O) groups excluding carboxylic acids is 1. The zero-order chi connectivity index (χ0) is 42.3. The lowest BCUT2D eigenvalue weighted by Crippen LogP contribution is -2.60. The second-order valence-corrected chi connectivity index (χ2v) is 15.8. The summed E-state index contributed by atoms with van der Waals surface area (Å²) in [6.45, 7) is 3.61. The number of amides is 1. The highest BCUT2D eigenvalue weighted by Gasteiger charge is 2.44. The molecule has 9 heteroatoms. The minimum Gasteiger partial charge on any atom is -0.394 e. The van der Waals surface area contributed by atoms with Crippen LogP contribution >= 0.6 is 0 Å². The highest BCUT2D eigenvalue weighted by molar-refractivity contribution is 5.76. The van der Waals surface area contributed by atoms with Crippen LogP contribution in [-0.2, 0) is 14.3 Å². The Hall–Kier alpha value is -2.37. The molecular weight excluding hydrogens is 731 g/mol. The fourth-order valence-electron chi connectivity index (χ4n) is 6.79. The lowest BCUT2D eigenvalue weighted by atomic mass is 9.99. The third-order valence-corrected chi connectivity index (χ3v) is 10.5. The van der Waals surface area contributed by atoms with Crippen molar-refractivity contribution >= 4 is 5.91 Å². The second kappa shape index (κ2) is 38.8. The molecule has 0 bridgehead atoms. The van der Waals surface area contributed by atoms with Gasteiger partial charge in [0.1, 0.15) is 24.4 Å². The van der Waals surface area contributed by atoms with E-state index in [0.717, 1.165) is 83.5 Å². The van der Waals surface area contributed by atoms with E-state index in [4.69, 9.17) is 9.47 Å². The Bertz CT molecular complexity index is 1130. The number of aliphatic hydroxyl groups is 5. The average molecular weight is 816 g/mol. The number of allylic oxidation sites excluding steroid dienone is 11. The molecule has 6 N–H and O–H groups in total. The molecule has 58 heavy (non-hydrogen) atoms. The summed E-state index contributed by atoms with van der Waals surface area (Å²) in [5.41, 5.74) is 0. The zero-order valence-corrected chi connectivity index (χ0v) is 36.5. The molecule has 0 aromatic heterocycles. The molecule has 1 heterocycles. The Morgan fingerprint density at radius 2 is 1.09 bits per heavy atom. The van der Waals surface area contributed by atoms with Crippen LogP contribution in [-0.4, -0.2) is 87.5 Å². The Morgan fingerprint density at radius 1 is 0.603 bits per heavy atom. The quantitative estimate of drug-likeness (QED) is 0.0268. The van der Waals surface area contributed by atoms with Crippen LogP contribution in [0.15, 0.2) is 72.9 Å². The molecule has 0 aromatic rings. The van der Waals surface area contributed by atoms with Crippen molar-refractivity contribution in [1.82, 2.24) is 5.32 Å². The first-order valence-corrected chi connectivity index (χ1v) is 23.2. The van der Waals surface area contributed by atoms with Crippen LogP contribution in [0.5, 0.6) is 0 Å². The van der Waals surface area contributed by atoms with Crippen molar-refractivity contribution in [3.05, 3.63) is 72.9 Å². The van der Waals surface area contributed by atoms with Crippen LogP contribution in [0.4, 0.5) is 0 Å². The second-order valence-electron chi connectivity index (χ2n) is 15.8. The predicted octanol–water partition coefficient (Wildman–Crippen LogP) is 9.78. The monoisotopic (exact) mass is 816 g/mol. The van der Waals surface area contributed by atoms with E-state index in [1.807, 2.05) is 6.08 Å². The molecule has 1 saturated heterocycles. The number of aliphatic hydroxyl groups excluding tert-OH is 5. The Labute approximate surface area is 353 Å². The summed E-state index contributed by atoms with van der Waals surface area (Å²) >= 11 is 0. The van der Waals surface area contributed by atoms with Gasteiger partial charge in [-0.25, -0.2) is 0 Å². The first kappa shape index (κ1) is 53.6. The maximum absolute atomic E-state index is 13.0. The Kier molecular flexibility index (Phi) is 35.9. The van der Waals surface area contributed by atoms with Crippen LogP contribution in [0.1, 0.15) is 174 Å². The summed E-state index contributed by atoms with van der Waals surface area (Å²) < 4.78 is 11.2. The molecule has 334 valence electrons. The highest BCUT2D eigenvalue weighted by Crippen LogP contribution is 2.22. The molecule has 1 rings (SSSR count). The van der Waals surface area contributed by atoms with Gasteiger partial charge in [-0.3, -0.25) is 4.79 Å². The maximum atomic E-state index is 13.0. The van der Waals surface area contributed by atoms with Crippen molar-refractivity contribution in [2.24, 2.45) is 0 Å². The zero-order valence-electron chi connectivity index (χ0n) is 36.5. The van der Waals surface area contributed by atoms with E-state index >= 15 is 0 Å². The number of rotatable bonds is 37. The minimum absolute atomic E-state index is 0.205. The largest absolute Gasteiger partial charge is 0.394 e. The van der Waals surface area contributed by atoms with E-state index < -0.39 is 49.5 Å². The number of carbonyl (C=O) groups is 1. The summed E-state index contributed by atoms with van der Waals surface area (Å²) in [5, 5.41) is 54.2. The van der Waals surface area contributed by atoms with Gasteiger partial charge in [-0.1, -0.05) is 164 Å². The SMILES string of the molecule is CC/C=C\C/C=C\C/C=C\CCCCCCCCCC(=O)NC(COC1OC(CO)C(O)C(O)C1O)C(O)/C=C/CC/C=C/CC/C=C/CCCCCCCCCC. The van der Waals surface area contributed by atoms with Crippen LogP contribution in [0.2, 0.25) is 0 Å². The summed E-state index contributed by atoms with van der Waals surface area (Å²) in [6.07, 6.45) is 45.1. The smallest absolute Gasteiger partial charge is 0.220 e. The third kappa shape index (κ3) is 29.0. The van der Waals surface area contributed by atoms with Gasteiger partial charge in [0.05, 0.1) is 25.4 Å². The maximum Gasteiger partial charge on any atom is 0.220 e. The third-order valence-electron chi connectivity index (χ3n) is 10.5. The molecule has 1 aliphatic heterocycles. The normalized spacial score (nSPS) is 21.5. The molecule has 0 spiro atoms. The molecule has 1 amide bonds. The fraction of sp³-hybridized carbons (Fsp3) is 0.735. The molecule has 0 aliphatic carbocycles. The van der Waals surface area contributed by atoms with E-state index in [0.29, 0.717) is 6.42 Å². The highest BCUT2D eigenvalue weighted by atomic mass is 16.7. The molecular formula is C49H85NO8. The van der Waals surface area contributed by atoms with E-state index in [1.165, 1.54) is 70.6 Å². The van der Waals surface area contributed by atoms with Crippen molar-refractivity contribution < 1.29 is 39.8 Å². The van der Waals surface area contributed by atoms with Gasteiger partial charge in [-0.05, 0) is 77.0 Å². The number of nitrogens with one attached hydrogen (secondary N) is 1. The van der Waals surface area contributed by atoms with Crippen LogP contribution in [0.3, 0.4) is 0 Å². The standard InChI is InChI=1S/C49H85NO8/c1-3-5-7-9-11-13-15-17-19-21-23-24-26-28-30-32-34-36-38-43(52)42(41-57-49-48(56)47(55)46(54)44(40-51)58-49)50-45(53)39-37-35-33-31-29-27-25-22-20-18-16-14-12-10-8-6-4-2/h6,8,12,14,18,20-21,23,28,30,36,38,42-44,46-49,51-52,54-56H,3-5,7,9-11,13,15-17,19,22,24-27,29,31-35,37,39-41H2,1-2H3,(H,50,53)/b8-6-,14-12-,20-18-,23-21+,30-28+,38-36+. The average Bonchev–Trinajstić information content (AvgIpc) is 3.22. The summed E-state index contributed by atoms with van der Waals surface area (Å²) in [5.74, 6) is -0.205. The molecule has 7 atom stereocenters. The van der Waals surface area contributed by atoms with Crippen molar-refractivity contribution in [3.63, 3.8) is 0 Å². The van der Waals surface area contributed by atoms with Gasteiger partial charge in [-0.2, -0.15) is 0 Å². The van der Waals surface area contributed by atoms with Crippen LogP contribution in [0, 0.1) is 0 Å². The van der Waals surface area contributed by atoms with Crippen molar-refractivity contribution in [2.45, 2.75) is 217 Å². The summed E-state index contributed by atoms with van der Waals surface area (Å²) in [7, 11) is 0. The molecule has 1 fully saturated rings. The van der Waals surface area contributed by atoms with Gasteiger partial charge in [0.2, 0.25) is 5.91 Å². The number of hydrogen-bond donors (Lipinski definition) is 6. The van der Waals surface area contributed by atoms with Gasteiger partial charge in [0.25, 0.3) is 0 Å². The first-order valence-electron chi connectivity index (χ1n) is 23.2. The summed E-state index contributed by atoms with van der Waals surface area (Å²) in [4.78, 5) is 13.0. The molecule has 0 saturated carbocycles. The van der Waals surface area contributed by atoms with Gasteiger partial charge < -0.3 is 40.3 Å². The Balaban J connectivity index is 2.41. The Morgan fingerprint density at radius 3 is 1.66 bits per heavy atom. The molecule has 0 radical (unpaired) electrons. The van der Waals surface area contributed by atoms with E-state index in [9.17, 15) is 30.3 Å². The van der Waals surface area contributed by atoms with Crippen molar-refractivity contribution in [2.75, 3.05) is 13.2 Å². The minimum atomic E-state index is -1.58. The van der Waals surface area contributed by atoms with Crippen LogP contribution < -0.4 is 5.32 Å². The first-order chi connectivity index (χ1) is 28.3. The van der Waals surface area contributed by atoms with Gasteiger partial charge in [0, 0.05) is 6.42 Å². The molecule has 7 unspecified atom stereocenters.